The van der Waals surface area contributed by atoms with E-state index >= 15 is 0 Å². The minimum Gasteiger partial charge on any atom is -0.494 e. The Morgan fingerprint density at radius 2 is 1.95 bits per heavy atom. The molecule has 0 amide bonds. The Bertz CT molecular complexity index is 1520. The smallest absolute Gasteiger partial charge is 0.338 e. The number of esters is 1. The van der Waals surface area contributed by atoms with E-state index in [1.165, 1.54) is 22.8 Å². The number of nitrogens with zero attached hydrogens (tertiary/aromatic N) is 2. The Morgan fingerprint density at radius 1 is 1.21 bits per heavy atom. The molecule has 1 aliphatic rings. The van der Waals surface area contributed by atoms with Crippen molar-refractivity contribution in [2.45, 2.75) is 59.1 Å². The molecule has 38 heavy (non-hydrogen) atoms. The molecule has 1 aliphatic heterocycles. The van der Waals surface area contributed by atoms with Crippen LogP contribution in [0.4, 0.5) is 4.39 Å². The number of carbonyl (C=O) groups excluding carboxylic acids is 1. The maximum Gasteiger partial charge on any atom is 0.338 e. The van der Waals surface area contributed by atoms with Crippen LogP contribution in [0.1, 0.15) is 64.1 Å². The molecule has 1 unspecified atom stereocenters. The number of rotatable bonds is 9. The van der Waals surface area contributed by atoms with Crippen molar-refractivity contribution in [3.8, 4) is 5.75 Å². The second kappa shape index (κ2) is 12.1. The number of allylic oxidation sites excluding steroid dienone is 1. The zero-order valence-electron chi connectivity index (χ0n) is 21.8. The van der Waals surface area contributed by atoms with Crippen molar-refractivity contribution in [2.24, 2.45) is 4.99 Å². The van der Waals surface area contributed by atoms with Crippen LogP contribution in [0.25, 0.3) is 6.08 Å². The number of carbonyl (C=O) groups is 1. The van der Waals surface area contributed by atoms with Gasteiger partial charge in [-0.3, -0.25) is 9.36 Å². The molecule has 0 bridgehead atoms. The van der Waals surface area contributed by atoms with Gasteiger partial charge in [0.2, 0.25) is 0 Å². The zero-order valence-corrected chi connectivity index (χ0v) is 23.4. The molecule has 0 N–H and O–H groups in total. The molecule has 2 aromatic carbocycles. The van der Waals surface area contributed by atoms with Crippen molar-refractivity contribution in [3.63, 3.8) is 0 Å². The van der Waals surface area contributed by atoms with Crippen LogP contribution in [-0.4, -0.2) is 23.2 Å². The molecule has 3 aromatic rings. The minimum atomic E-state index is -0.773. The fourth-order valence-corrected chi connectivity index (χ4v) is 5.49. The number of halogens is 2. The minimum absolute atomic E-state index is 0.121. The Balaban J connectivity index is 1.83. The van der Waals surface area contributed by atoms with E-state index in [4.69, 9.17) is 21.1 Å². The predicted octanol–water partition coefficient (Wildman–Crippen LogP) is 5.55. The largest absolute Gasteiger partial charge is 0.494 e. The second-order valence-corrected chi connectivity index (χ2v) is 10.7. The van der Waals surface area contributed by atoms with Crippen LogP contribution >= 0.6 is 22.9 Å². The molecule has 0 fully saturated rings. The van der Waals surface area contributed by atoms with Crippen molar-refractivity contribution in [2.75, 3.05) is 6.61 Å². The van der Waals surface area contributed by atoms with E-state index in [0.29, 0.717) is 28.4 Å². The number of unbranched alkanes of at least 4 members (excludes halogenated alkanes) is 2. The molecule has 2 heterocycles. The summed E-state index contributed by atoms with van der Waals surface area (Å²) in [6.07, 6.45) is 4.24. The van der Waals surface area contributed by atoms with Gasteiger partial charge in [-0.25, -0.2) is 14.2 Å². The third kappa shape index (κ3) is 5.92. The van der Waals surface area contributed by atoms with E-state index in [1.807, 2.05) is 24.3 Å². The molecule has 0 aliphatic carbocycles. The number of ether oxygens (including phenoxy) is 2. The Labute approximate surface area is 229 Å². The average Bonchev–Trinajstić information content (AvgIpc) is 3.17. The summed E-state index contributed by atoms with van der Waals surface area (Å²) >= 11 is 7.32. The standard InChI is InChI=1S/C29H30ClFN2O4S/c1-5-6-7-15-36-20-13-11-19(12-14-20)26-25(28(35)37-17(2)3)18(4)32-29-33(26)27(34)24(38-29)16-21-22(30)9-8-10-23(21)31/h8-14,16-17,26H,5-7,15H2,1-4H3. The fraction of sp³-hybridized carbons (Fsp3) is 0.345. The summed E-state index contributed by atoms with van der Waals surface area (Å²) in [6.45, 7) is 8.01. The van der Waals surface area contributed by atoms with Gasteiger partial charge in [-0.1, -0.05) is 60.9 Å². The van der Waals surface area contributed by atoms with Crippen LogP contribution in [0.3, 0.4) is 0 Å². The van der Waals surface area contributed by atoms with E-state index in [0.717, 1.165) is 30.6 Å². The first-order chi connectivity index (χ1) is 18.2. The quantitative estimate of drug-likeness (QED) is 0.256. The molecule has 1 aromatic heterocycles. The van der Waals surface area contributed by atoms with Gasteiger partial charge >= 0.3 is 5.97 Å². The van der Waals surface area contributed by atoms with Crippen LogP contribution < -0.4 is 19.6 Å². The molecule has 0 spiro atoms. The third-order valence-electron chi connectivity index (χ3n) is 6.07. The van der Waals surface area contributed by atoms with Crippen molar-refractivity contribution in [1.82, 2.24) is 4.57 Å². The van der Waals surface area contributed by atoms with Gasteiger partial charge in [-0.2, -0.15) is 0 Å². The lowest BCUT2D eigenvalue weighted by Gasteiger charge is -2.25. The second-order valence-electron chi connectivity index (χ2n) is 9.30. The summed E-state index contributed by atoms with van der Waals surface area (Å²) in [5, 5.41) is 0.194. The molecule has 1 atom stereocenters. The van der Waals surface area contributed by atoms with Gasteiger partial charge in [0.1, 0.15) is 11.6 Å². The van der Waals surface area contributed by atoms with Crippen LogP contribution in [0.5, 0.6) is 5.75 Å². The highest BCUT2D eigenvalue weighted by Crippen LogP contribution is 2.32. The van der Waals surface area contributed by atoms with E-state index in [1.54, 1.807) is 26.8 Å². The number of benzene rings is 2. The average molecular weight is 557 g/mol. The number of aromatic nitrogens is 1. The fourth-order valence-electron chi connectivity index (χ4n) is 4.24. The molecular weight excluding hydrogens is 527 g/mol. The summed E-state index contributed by atoms with van der Waals surface area (Å²) in [4.78, 5) is 31.9. The van der Waals surface area contributed by atoms with Crippen LogP contribution in [-0.2, 0) is 9.53 Å². The molecule has 9 heteroatoms. The lowest BCUT2D eigenvalue weighted by atomic mass is 9.96. The maximum absolute atomic E-state index is 14.5. The van der Waals surface area contributed by atoms with Crippen molar-refractivity contribution in [3.05, 3.63) is 95.4 Å². The van der Waals surface area contributed by atoms with Gasteiger partial charge in [0.25, 0.3) is 5.56 Å². The van der Waals surface area contributed by atoms with E-state index in [2.05, 4.69) is 11.9 Å². The maximum atomic E-state index is 14.5. The molecule has 4 rings (SSSR count). The Kier molecular flexibility index (Phi) is 8.84. The molecule has 0 saturated heterocycles. The highest BCUT2D eigenvalue weighted by Gasteiger charge is 2.33. The van der Waals surface area contributed by atoms with Gasteiger partial charge < -0.3 is 9.47 Å². The van der Waals surface area contributed by atoms with Crippen molar-refractivity contribution >= 4 is 35.0 Å². The number of hydrogen-bond donors (Lipinski definition) is 0. The molecule has 200 valence electrons. The summed E-state index contributed by atoms with van der Waals surface area (Å²) in [7, 11) is 0. The van der Waals surface area contributed by atoms with E-state index in [-0.39, 0.29) is 26.8 Å². The third-order valence-corrected chi connectivity index (χ3v) is 7.38. The highest BCUT2D eigenvalue weighted by molar-refractivity contribution is 7.07. The SMILES string of the molecule is CCCCCOc1ccc(C2C(C(=O)OC(C)C)=C(C)N=c3sc(=Cc4c(F)cccc4Cl)c(=O)n32)cc1. The number of thiazole rings is 1. The normalized spacial score (nSPS) is 15.4. The summed E-state index contributed by atoms with van der Waals surface area (Å²) in [5.74, 6) is -0.372. The first kappa shape index (κ1) is 27.8. The molecule has 0 radical (unpaired) electrons. The van der Waals surface area contributed by atoms with Gasteiger partial charge in [0, 0.05) is 5.56 Å². The summed E-state index contributed by atoms with van der Waals surface area (Å²) < 4.78 is 27.6. The first-order valence-corrected chi connectivity index (χ1v) is 13.8. The lowest BCUT2D eigenvalue weighted by Crippen LogP contribution is -2.40. The Morgan fingerprint density at radius 3 is 2.61 bits per heavy atom. The van der Waals surface area contributed by atoms with Gasteiger partial charge in [-0.15, -0.1) is 0 Å². The summed E-state index contributed by atoms with van der Waals surface area (Å²) in [6, 6.07) is 10.9. The molecular formula is C29H30ClFN2O4S. The topological polar surface area (TPSA) is 69.9 Å². The van der Waals surface area contributed by atoms with Crippen LogP contribution in [0, 0.1) is 5.82 Å². The van der Waals surface area contributed by atoms with Crippen molar-refractivity contribution < 1.29 is 18.7 Å². The van der Waals surface area contributed by atoms with Gasteiger partial charge in [0.15, 0.2) is 4.80 Å². The molecule has 6 nitrogen and oxygen atoms in total. The number of hydrogen-bond acceptors (Lipinski definition) is 6. The van der Waals surface area contributed by atoms with Gasteiger partial charge in [-0.05, 0) is 63.1 Å². The highest BCUT2D eigenvalue weighted by atomic mass is 35.5. The Hall–Kier alpha value is -3.23. The lowest BCUT2D eigenvalue weighted by molar-refractivity contribution is -0.143. The summed E-state index contributed by atoms with van der Waals surface area (Å²) in [5.41, 5.74) is 1.15. The zero-order chi connectivity index (χ0) is 27.4. The number of fused-ring (bicyclic) bond motifs is 1. The van der Waals surface area contributed by atoms with Crippen LogP contribution in [0.15, 0.2) is 63.5 Å². The first-order valence-electron chi connectivity index (χ1n) is 12.6. The van der Waals surface area contributed by atoms with Gasteiger partial charge in [0.05, 0.1) is 39.6 Å². The van der Waals surface area contributed by atoms with E-state index < -0.39 is 23.4 Å². The van der Waals surface area contributed by atoms with Crippen molar-refractivity contribution in [1.29, 1.82) is 0 Å². The predicted molar refractivity (Wildman–Crippen MR) is 148 cm³/mol. The van der Waals surface area contributed by atoms with E-state index in [9.17, 15) is 14.0 Å². The molecule has 0 saturated carbocycles. The monoisotopic (exact) mass is 556 g/mol. The van der Waals surface area contributed by atoms with Crippen LogP contribution in [0.2, 0.25) is 5.02 Å².